The molecule has 19 heavy (non-hydrogen) atoms. The van der Waals surface area contributed by atoms with Crippen LogP contribution in [0.1, 0.15) is 30.3 Å². The van der Waals surface area contributed by atoms with E-state index in [9.17, 15) is 0 Å². The summed E-state index contributed by atoms with van der Waals surface area (Å²) < 4.78 is 5.14. The van der Waals surface area contributed by atoms with Crippen molar-refractivity contribution >= 4 is 0 Å². The summed E-state index contributed by atoms with van der Waals surface area (Å²) in [6.07, 6.45) is 2.30. The molecular formula is C16H22N2O. The molecular weight excluding hydrogens is 236 g/mol. The summed E-state index contributed by atoms with van der Waals surface area (Å²) in [5.74, 6) is 0.900. The van der Waals surface area contributed by atoms with Crippen molar-refractivity contribution in [3.8, 4) is 5.75 Å². The fraction of sp³-hybridized carbons (Fsp3) is 0.375. The van der Waals surface area contributed by atoms with Gasteiger partial charge < -0.3 is 15.0 Å². The van der Waals surface area contributed by atoms with Gasteiger partial charge in [0.2, 0.25) is 0 Å². The molecule has 0 aliphatic rings. The molecule has 0 amide bonds. The van der Waals surface area contributed by atoms with Crippen molar-refractivity contribution in [2.45, 2.75) is 32.9 Å². The molecule has 1 aromatic carbocycles. The fourth-order valence-electron chi connectivity index (χ4n) is 2.09. The number of benzene rings is 1. The van der Waals surface area contributed by atoms with E-state index in [0.29, 0.717) is 0 Å². The molecule has 2 N–H and O–H groups in total. The number of rotatable bonds is 7. The number of aromatic amines is 1. The van der Waals surface area contributed by atoms with Crippen molar-refractivity contribution in [3.63, 3.8) is 0 Å². The van der Waals surface area contributed by atoms with Crippen LogP contribution >= 0.6 is 0 Å². The van der Waals surface area contributed by atoms with Gasteiger partial charge in [-0.3, -0.25) is 0 Å². The summed E-state index contributed by atoms with van der Waals surface area (Å²) in [7, 11) is 1.69. The third-order valence-electron chi connectivity index (χ3n) is 3.13. The molecule has 0 bridgehead atoms. The van der Waals surface area contributed by atoms with E-state index in [-0.39, 0.29) is 0 Å². The fourth-order valence-corrected chi connectivity index (χ4v) is 2.09. The van der Waals surface area contributed by atoms with Crippen LogP contribution in [0.25, 0.3) is 0 Å². The maximum absolute atomic E-state index is 5.14. The maximum atomic E-state index is 5.14. The molecule has 2 rings (SSSR count). The molecule has 0 aliphatic heterocycles. The second kappa shape index (κ2) is 7.00. The van der Waals surface area contributed by atoms with Gasteiger partial charge in [-0.2, -0.15) is 0 Å². The molecule has 0 fully saturated rings. The molecule has 3 heteroatoms. The minimum Gasteiger partial charge on any atom is -0.497 e. The van der Waals surface area contributed by atoms with Gasteiger partial charge in [-0.1, -0.05) is 25.5 Å². The first kappa shape index (κ1) is 13.7. The third kappa shape index (κ3) is 4.14. The van der Waals surface area contributed by atoms with Crippen LogP contribution in [0.2, 0.25) is 0 Å². The summed E-state index contributed by atoms with van der Waals surface area (Å²) in [6, 6.07) is 12.5. The Morgan fingerprint density at radius 2 is 1.74 bits per heavy atom. The number of hydrogen-bond donors (Lipinski definition) is 2. The van der Waals surface area contributed by atoms with Gasteiger partial charge >= 0.3 is 0 Å². The minimum absolute atomic E-state index is 0.867. The summed E-state index contributed by atoms with van der Waals surface area (Å²) in [5.41, 5.74) is 3.84. The predicted molar refractivity (Wildman–Crippen MR) is 78.3 cm³/mol. The van der Waals surface area contributed by atoms with E-state index in [4.69, 9.17) is 4.74 Å². The third-order valence-corrected chi connectivity index (χ3v) is 3.13. The van der Waals surface area contributed by atoms with Crippen LogP contribution in [0, 0.1) is 0 Å². The number of ether oxygens (including phenoxy) is 1. The van der Waals surface area contributed by atoms with E-state index in [1.54, 1.807) is 7.11 Å². The summed E-state index contributed by atoms with van der Waals surface area (Å²) in [5, 5.41) is 3.44. The zero-order chi connectivity index (χ0) is 13.5. The average molecular weight is 258 g/mol. The van der Waals surface area contributed by atoms with Gasteiger partial charge in [-0.25, -0.2) is 0 Å². The number of hydrogen-bond acceptors (Lipinski definition) is 2. The Balaban J connectivity index is 1.78. The van der Waals surface area contributed by atoms with E-state index in [1.807, 2.05) is 12.1 Å². The lowest BCUT2D eigenvalue weighted by atomic mass is 10.2. The van der Waals surface area contributed by atoms with Crippen LogP contribution in [0.3, 0.4) is 0 Å². The normalized spacial score (nSPS) is 10.6. The Labute approximate surface area is 115 Å². The highest BCUT2D eigenvalue weighted by molar-refractivity contribution is 5.27. The summed E-state index contributed by atoms with van der Waals surface area (Å²) in [4.78, 5) is 3.44. The molecule has 1 heterocycles. The van der Waals surface area contributed by atoms with Crippen LogP contribution < -0.4 is 10.1 Å². The minimum atomic E-state index is 0.867. The Morgan fingerprint density at radius 1 is 1.00 bits per heavy atom. The average Bonchev–Trinajstić information content (AvgIpc) is 2.88. The molecule has 102 valence electrons. The van der Waals surface area contributed by atoms with Gasteiger partial charge in [-0.05, 0) is 36.2 Å². The zero-order valence-corrected chi connectivity index (χ0v) is 11.7. The van der Waals surface area contributed by atoms with Crippen LogP contribution in [-0.4, -0.2) is 12.1 Å². The molecule has 0 saturated carbocycles. The van der Waals surface area contributed by atoms with Gasteiger partial charge in [0.1, 0.15) is 5.75 Å². The zero-order valence-electron chi connectivity index (χ0n) is 11.7. The molecule has 3 nitrogen and oxygen atoms in total. The van der Waals surface area contributed by atoms with Gasteiger partial charge in [0.25, 0.3) is 0 Å². The molecule has 0 aliphatic carbocycles. The Bertz CT molecular complexity index is 488. The molecule has 0 unspecified atom stereocenters. The van der Waals surface area contributed by atoms with Crippen molar-refractivity contribution in [2.75, 3.05) is 7.11 Å². The predicted octanol–water partition coefficient (Wildman–Crippen LogP) is 3.27. The first-order valence-electron chi connectivity index (χ1n) is 6.82. The highest BCUT2D eigenvalue weighted by atomic mass is 16.5. The van der Waals surface area contributed by atoms with Gasteiger partial charge in [-0.15, -0.1) is 0 Å². The van der Waals surface area contributed by atoms with Gasteiger partial charge in [0, 0.05) is 24.5 Å². The van der Waals surface area contributed by atoms with Crippen LogP contribution in [0.15, 0.2) is 36.4 Å². The summed E-state index contributed by atoms with van der Waals surface area (Å²) in [6.45, 7) is 3.93. The first-order valence-corrected chi connectivity index (χ1v) is 6.82. The number of nitrogens with one attached hydrogen (secondary N) is 2. The van der Waals surface area contributed by atoms with E-state index in [0.717, 1.165) is 25.3 Å². The number of aryl methyl sites for hydroxylation is 1. The lowest BCUT2D eigenvalue weighted by Crippen LogP contribution is -2.12. The highest BCUT2D eigenvalue weighted by Gasteiger charge is 1.98. The largest absolute Gasteiger partial charge is 0.497 e. The Hall–Kier alpha value is -1.74. The number of aromatic nitrogens is 1. The van der Waals surface area contributed by atoms with Crippen LogP contribution in [0.5, 0.6) is 5.75 Å². The van der Waals surface area contributed by atoms with Crippen molar-refractivity contribution in [1.29, 1.82) is 0 Å². The standard InChI is InChI=1S/C16H22N2O/c1-3-4-14-7-8-15(18-14)12-17-11-13-5-9-16(19-2)10-6-13/h5-10,17-18H,3-4,11-12H2,1-2H3. The molecule has 0 saturated heterocycles. The van der Waals surface area contributed by atoms with Crippen molar-refractivity contribution in [2.24, 2.45) is 0 Å². The second-order valence-electron chi connectivity index (χ2n) is 4.71. The Kier molecular flexibility index (Phi) is 5.04. The SMILES string of the molecule is CCCc1ccc(CNCc2ccc(OC)cc2)[nH]1. The van der Waals surface area contributed by atoms with Crippen LogP contribution in [-0.2, 0) is 19.5 Å². The summed E-state index contributed by atoms with van der Waals surface area (Å²) >= 11 is 0. The van der Waals surface area contributed by atoms with E-state index >= 15 is 0 Å². The monoisotopic (exact) mass is 258 g/mol. The lowest BCUT2D eigenvalue weighted by Gasteiger charge is -2.05. The van der Waals surface area contributed by atoms with Crippen LogP contribution in [0.4, 0.5) is 0 Å². The smallest absolute Gasteiger partial charge is 0.118 e. The molecule has 1 aromatic heterocycles. The number of methoxy groups -OCH3 is 1. The Morgan fingerprint density at radius 3 is 2.42 bits per heavy atom. The molecule has 0 radical (unpaired) electrons. The quantitative estimate of drug-likeness (QED) is 0.800. The number of H-pyrrole nitrogens is 1. The van der Waals surface area contributed by atoms with Crippen molar-refractivity contribution < 1.29 is 4.74 Å². The van der Waals surface area contributed by atoms with E-state index in [1.165, 1.54) is 23.4 Å². The maximum Gasteiger partial charge on any atom is 0.118 e. The van der Waals surface area contributed by atoms with Crippen molar-refractivity contribution in [3.05, 3.63) is 53.3 Å². The van der Waals surface area contributed by atoms with Gasteiger partial charge in [0.05, 0.1) is 7.11 Å². The van der Waals surface area contributed by atoms with Crippen molar-refractivity contribution in [1.82, 2.24) is 10.3 Å². The van der Waals surface area contributed by atoms with E-state index < -0.39 is 0 Å². The highest BCUT2D eigenvalue weighted by Crippen LogP contribution is 2.11. The first-order chi connectivity index (χ1) is 9.31. The second-order valence-corrected chi connectivity index (χ2v) is 4.71. The molecule has 0 spiro atoms. The molecule has 2 aromatic rings. The van der Waals surface area contributed by atoms with Gasteiger partial charge in [0.15, 0.2) is 0 Å². The lowest BCUT2D eigenvalue weighted by molar-refractivity contribution is 0.414. The molecule has 0 atom stereocenters. The van der Waals surface area contributed by atoms with E-state index in [2.05, 4.69) is 41.5 Å². The topological polar surface area (TPSA) is 37.0 Å².